The smallest absolute Gasteiger partial charge is 0.270 e. The van der Waals surface area contributed by atoms with Gasteiger partial charge >= 0.3 is 0 Å². The van der Waals surface area contributed by atoms with Crippen molar-refractivity contribution in [2.75, 3.05) is 24.1 Å². The second-order valence-corrected chi connectivity index (χ2v) is 8.04. The molecule has 0 atom stereocenters. The Balaban J connectivity index is 1.64. The van der Waals surface area contributed by atoms with Crippen LogP contribution in [0.25, 0.3) is 34.3 Å². The van der Waals surface area contributed by atoms with Gasteiger partial charge in [0.05, 0.1) is 17.3 Å². The van der Waals surface area contributed by atoms with Crippen LogP contribution in [0, 0.1) is 12.3 Å². The molecular formula is C25H25N7O. The minimum absolute atomic E-state index is 0.197. The summed E-state index contributed by atoms with van der Waals surface area (Å²) in [7, 11) is 0. The molecule has 5 N–H and O–H groups in total. The molecule has 0 saturated heterocycles. The largest absolute Gasteiger partial charge is 0.414 e. The standard InChI is InChI=1S/C25H25N7O/c1-4-25(2,3)18-7-5-6-17(14-18)20-15-29-22(27)21(30-20)24-32-31-23(33-24)16-8-10-19(11-9-16)28-13-12-26/h1,5-11,14-15,28H,12-13,26H2,2-3H3,(H2,27,29). The predicted octanol–water partition coefficient (Wildman–Crippen LogP) is 3.72. The first kappa shape index (κ1) is 22.0. The van der Waals surface area contributed by atoms with Gasteiger partial charge in [0.25, 0.3) is 5.89 Å². The summed E-state index contributed by atoms with van der Waals surface area (Å²) in [5, 5.41) is 11.5. The van der Waals surface area contributed by atoms with Crippen molar-refractivity contribution in [2.45, 2.75) is 19.3 Å². The molecule has 0 saturated carbocycles. The van der Waals surface area contributed by atoms with E-state index < -0.39 is 5.41 Å². The fourth-order valence-corrected chi connectivity index (χ4v) is 3.23. The fraction of sp³-hybridized carbons (Fsp3) is 0.200. The summed E-state index contributed by atoms with van der Waals surface area (Å²) < 4.78 is 5.87. The van der Waals surface area contributed by atoms with Gasteiger partial charge in [0.15, 0.2) is 11.5 Å². The molecule has 2 aromatic carbocycles. The highest BCUT2D eigenvalue weighted by Crippen LogP contribution is 2.30. The first-order valence-corrected chi connectivity index (χ1v) is 10.5. The SMILES string of the molecule is C#CC(C)(C)c1cccc(-c2cnc(N)c(-c3nnc(-c4ccc(NCCN)cc4)o3)n2)c1. The zero-order chi connectivity index (χ0) is 23.4. The summed E-state index contributed by atoms with van der Waals surface area (Å²) in [4.78, 5) is 8.95. The van der Waals surface area contributed by atoms with Crippen LogP contribution in [-0.4, -0.2) is 33.3 Å². The molecule has 0 bridgehead atoms. The highest BCUT2D eigenvalue weighted by molar-refractivity contribution is 5.69. The Hall–Kier alpha value is -4.22. The van der Waals surface area contributed by atoms with E-state index in [9.17, 15) is 0 Å². The summed E-state index contributed by atoms with van der Waals surface area (Å²) in [6.07, 6.45) is 7.31. The Labute approximate surface area is 192 Å². The van der Waals surface area contributed by atoms with Crippen LogP contribution in [0.3, 0.4) is 0 Å². The molecule has 0 fully saturated rings. The summed E-state index contributed by atoms with van der Waals surface area (Å²) in [5.74, 6) is 3.58. The number of rotatable bonds is 7. The predicted molar refractivity (Wildman–Crippen MR) is 130 cm³/mol. The van der Waals surface area contributed by atoms with Crippen LogP contribution in [0.5, 0.6) is 0 Å². The van der Waals surface area contributed by atoms with Gasteiger partial charge in [0.1, 0.15) is 0 Å². The van der Waals surface area contributed by atoms with Gasteiger partial charge in [-0.1, -0.05) is 24.1 Å². The van der Waals surface area contributed by atoms with Crippen LogP contribution in [0.15, 0.2) is 59.1 Å². The molecular weight excluding hydrogens is 414 g/mol. The van der Waals surface area contributed by atoms with E-state index in [2.05, 4.69) is 31.4 Å². The number of nitrogens with two attached hydrogens (primary N) is 2. The van der Waals surface area contributed by atoms with E-state index in [4.69, 9.17) is 22.3 Å². The highest BCUT2D eigenvalue weighted by Gasteiger charge is 2.20. The van der Waals surface area contributed by atoms with E-state index >= 15 is 0 Å². The van der Waals surface area contributed by atoms with Gasteiger partial charge in [-0.3, -0.25) is 0 Å². The van der Waals surface area contributed by atoms with Crippen LogP contribution in [-0.2, 0) is 5.41 Å². The van der Waals surface area contributed by atoms with E-state index in [1.165, 1.54) is 0 Å². The van der Waals surface area contributed by atoms with E-state index in [0.717, 1.165) is 22.4 Å². The maximum atomic E-state index is 6.09. The first-order valence-electron chi connectivity index (χ1n) is 10.5. The molecule has 0 aliphatic rings. The molecule has 0 spiro atoms. The third kappa shape index (κ3) is 4.68. The topological polar surface area (TPSA) is 129 Å². The van der Waals surface area contributed by atoms with E-state index in [-0.39, 0.29) is 11.7 Å². The molecule has 0 aliphatic heterocycles. The Kier molecular flexibility index (Phi) is 6.07. The van der Waals surface area contributed by atoms with Crippen molar-refractivity contribution < 1.29 is 4.42 Å². The molecule has 0 amide bonds. The number of nitrogen functional groups attached to an aromatic ring is 1. The minimum Gasteiger partial charge on any atom is -0.414 e. The van der Waals surface area contributed by atoms with Crippen molar-refractivity contribution in [3.63, 3.8) is 0 Å². The Morgan fingerprint density at radius 1 is 1.06 bits per heavy atom. The average molecular weight is 440 g/mol. The monoisotopic (exact) mass is 439 g/mol. The van der Waals surface area contributed by atoms with Crippen molar-refractivity contribution in [3.05, 3.63) is 60.3 Å². The molecule has 4 aromatic rings. The summed E-state index contributed by atoms with van der Waals surface area (Å²) in [6.45, 7) is 5.24. The van der Waals surface area contributed by atoms with E-state index in [1.807, 2.05) is 62.4 Å². The number of benzene rings is 2. The van der Waals surface area contributed by atoms with Crippen molar-refractivity contribution >= 4 is 11.5 Å². The maximum absolute atomic E-state index is 6.09. The zero-order valence-electron chi connectivity index (χ0n) is 18.5. The molecule has 8 nitrogen and oxygen atoms in total. The molecule has 2 aromatic heterocycles. The van der Waals surface area contributed by atoms with Crippen LogP contribution in [0.2, 0.25) is 0 Å². The number of aromatic nitrogens is 4. The summed E-state index contributed by atoms with van der Waals surface area (Å²) in [6, 6.07) is 15.5. The number of nitrogens with zero attached hydrogens (tertiary/aromatic N) is 4. The van der Waals surface area contributed by atoms with Crippen LogP contribution < -0.4 is 16.8 Å². The van der Waals surface area contributed by atoms with Gasteiger partial charge in [-0.2, -0.15) is 0 Å². The second-order valence-electron chi connectivity index (χ2n) is 8.04. The van der Waals surface area contributed by atoms with Gasteiger partial charge < -0.3 is 21.2 Å². The van der Waals surface area contributed by atoms with Crippen molar-refractivity contribution in [1.29, 1.82) is 0 Å². The van der Waals surface area contributed by atoms with Crippen molar-refractivity contribution in [2.24, 2.45) is 5.73 Å². The molecule has 0 radical (unpaired) electrons. The fourth-order valence-electron chi connectivity index (χ4n) is 3.23. The van der Waals surface area contributed by atoms with Crippen LogP contribution in [0.1, 0.15) is 19.4 Å². The van der Waals surface area contributed by atoms with E-state index in [0.29, 0.717) is 30.4 Å². The maximum Gasteiger partial charge on any atom is 0.270 e. The third-order valence-corrected chi connectivity index (χ3v) is 5.27. The van der Waals surface area contributed by atoms with Gasteiger partial charge in [-0.25, -0.2) is 9.97 Å². The van der Waals surface area contributed by atoms with Gasteiger partial charge in [-0.15, -0.1) is 16.6 Å². The normalized spacial score (nSPS) is 11.2. The van der Waals surface area contributed by atoms with Crippen molar-refractivity contribution in [1.82, 2.24) is 20.2 Å². The molecule has 33 heavy (non-hydrogen) atoms. The van der Waals surface area contributed by atoms with Gasteiger partial charge in [-0.05, 0) is 49.7 Å². The molecule has 2 heterocycles. The van der Waals surface area contributed by atoms with Crippen LogP contribution >= 0.6 is 0 Å². The lowest BCUT2D eigenvalue weighted by molar-refractivity contribution is 0.582. The zero-order valence-corrected chi connectivity index (χ0v) is 18.5. The Morgan fingerprint density at radius 2 is 1.82 bits per heavy atom. The summed E-state index contributed by atoms with van der Waals surface area (Å²) >= 11 is 0. The second kappa shape index (κ2) is 9.10. The lowest BCUT2D eigenvalue weighted by Crippen LogP contribution is -2.13. The Morgan fingerprint density at radius 3 is 2.55 bits per heavy atom. The summed E-state index contributed by atoms with van der Waals surface area (Å²) in [5.41, 5.74) is 15.8. The van der Waals surface area contributed by atoms with Crippen molar-refractivity contribution in [3.8, 4) is 46.6 Å². The highest BCUT2D eigenvalue weighted by atomic mass is 16.4. The van der Waals surface area contributed by atoms with E-state index in [1.54, 1.807) is 6.20 Å². The lowest BCUT2D eigenvalue weighted by atomic mass is 9.85. The lowest BCUT2D eigenvalue weighted by Gasteiger charge is -2.18. The number of nitrogens with one attached hydrogen (secondary N) is 1. The number of hydrogen-bond acceptors (Lipinski definition) is 8. The average Bonchev–Trinajstić information content (AvgIpc) is 3.33. The quantitative estimate of drug-likeness (QED) is 0.372. The van der Waals surface area contributed by atoms with Gasteiger partial charge in [0, 0.05) is 29.9 Å². The molecule has 8 heteroatoms. The minimum atomic E-state index is -0.406. The van der Waals surface area contributed by atoms with Crippen LogP contribution in [0.4, 0.5) is 11.5 Å². The third-order valence-electron chi connectivity index (χ3n) is 5.27. The molecule has 0 unspecified atom stereocenters. The number of anilines is 2. The number of terminal acetylenes is 1. The molecule has 4 rings (SSSR count). The first-order chi connectivity index (χ1) is 15.9. The number of hydrogen-bond donors (Lipinski definition) is 3. The van der Waals surface area contributed by atoms with Gasteiger partial charge in [0.2, 0.25) is 5.89 Å². The molecule has 0 aliphatic carbocycles. The molecule has 166 valence electrons. The Bertz CT molecular complexity index is 1300.